The third-order valence-corrected chi connectivity index (χ3v) is 4.00. The minimum atomic E-state index is -0.233. The van der Waals surface area contributed by atoms with E-state index in [4.69, 9.17) is 23.2 Å². The third kappa shape index (κ3) is 2.24. The monoisotopic (exact) mass is 285 g/mol. The van der Waals surface area contributed by atoms with E-state index in [0.29, 0.717) is 10.9 Å². The Morgan fingerprint density at radius 2 is 2.17 bits per heavy atom. The predicted molar refractivity (Wildman–Crippen MR) is 76.8 cm³/mol. The van der Waals surface area contributed by atoms with Crippen molar-refractivity contribution in [3.05, 3.63) is 28.8 Å². The Morgan fingerprint density at radius 3 is 2.78 bits per heavy atom. The first-order chi connectivity index (χ1) is 8.36. The van der Waals surface area contributed by atoms with Crippen molar-refractivity contribution < 1.29 is 4.79 Å². The second kappa shape index (κ2) is 4.75. The standard InChI is InChI=1S/C14H17Cl2NO/c1-9-7-14(2,3)17(13(18)8-15)12-6-10(16)4-5-11(9)12/h4-6,9H,7-8H2,1-3H3/t9-/m0/s1. The zero-order valence-electron chi connectivity index (χ0n) is 10.8. The summed E-state index contributed by atoms with van der Waals surface area (Å²) in [6.45, 7) is 6.31. The van der Waals surface area contributed by atoms with Crippen LogP contribution in [0.15, 0.2) is 18.2 Å². The summed E-state index contributed by atoms with van der Waals surface area (Å²) in [5.41, 5.74) is 1.83. The zero-order chi connectivity index (χ0) is 13.5. The summed E-state index contributed by atoms with van der Waals surface area (Å²) in [7, 11) is 0. The number of halogens is 2. The van der Waals surface area contributed by atoms with Gasteiger partial charge in [0.05, 0.1) is 0 Å². The molecule has 0 saturated heterocycles. The van der Waals surface area contributed by atoms with Crippen LogP contribution >= 0.6 is 23.2 Å². The molecule has 0 spiro atoms. The number of nitrogens with zero attached hydrogens (tertiary/aromatic N) is 1. The van der Waals surface area contributed by atoms with Gasteiger partial charge in [0.2, 0.25) is 5.91 Å². The second-order valence-electron chi connectivity index (χ2n) is 5.48. The number of hydrogen-bond donors (Lipinski definition) is 0. The van der Waals surface area contributed by atoms with Gasteiger partial charge in [0.25, 0.3) is 0 Å². The van der Waals surface area contributed by atoms with E-state index in [1.807, 2.05) is 18.2 Å². The molecule has 2 rings (SSSR count). The van der Waals surface area contributed by atoms with Crippen LogP contribution in [0.4, 0.5) is 5.69 Å². The van der Waals surface area contributed by atoms with Crippen LogP contribution in [0.2, 0.25) is 5.02 Å². The highest BCUT2D eigenvalue weighted by molar-refractivity contribution is 6.31. The number of carbonyl (C=O) groups is 1. The van der Waals surface area contributed by atoms with Gasteiger partial charge >= 0.3 is 0 Å². The van der Waals surface area contributed by atoms with E-state index in [-0.39, 0.29) is 17.3 Å². The van der Waals surface area contributed by atoms with Gasteiger partial charge in [-0.1, -0.05) is 24.6 Å². The minimum absolute atomic E-state index is 0.0102. The summed E-state index contributed by atoms with van der Waals surface area (Å²) < 4.78 is 0. The summed E-state index contributed by atoms with van der Waals surface area (Å²) in [6, 6.07) is 5.74. The Hall–Kier alpha value is -0.730. The van der Waals surface area contributed by atoms with Gasteiger partial charge in [0.15, 0.2) is 0 Å². The average Bonchev–Trinajstić information content (AvgIpc) is 2.26. The SMILES string of the molecule is C[C@H]1CC(C)(C)N(C(=O)CCl)c2cc(Cl)ccc21. The molecule has 98 valence electrons. The maximum absolute atomic E-state index is 12.1. The van der Waals surface area contributed by atoms with E-state index >= 15 is 0 Å². The van der Waals surface area contributed by atoms with Gasteiger partial charge in [0.1, 0.15) is 5.88 Å². The van der Waals surface area contributed by atoms with Gasteiger partial charge in [-0.15, -0.1) is 11.6 Å². The summed E-state index contributed by atoms with van der Waals surface area (Å²) >= 11 is 11.8. The lowest BCUT2D eigenvalue weighted by Gasteiger charge is -2.45. The normalized spacial score (nSPS) is 21.6. The second-order valence-corrected chi connectivity index (χ2v) is 6.19. The van der Waals surface area contributed by atoms with E-state index in [1.54, 1.807) is 4.90 Å². The molecular weight excluding hydrogens is 269 g/mol. The quantitative estimate of drug-likeness (QED) is 0.709. The van der Waals surface area contributed by atoms with Crippen molar-refractivity contribution in [3.8, 4) is 0 Å². The molecule has 2 nitrogen and oxygen atoms in total. The molecule has 0 aromatic heterocycles. The molecule has 1 aliphatic rings. The maximum atomic E-state index is 12.1. The average molecular weight is 286 g/mol. The van der Waals surface area contributed by atoms with Crippen LogP contribution in [0, 0.1) is 0 Å². The molecule has 0 radical (unpaired) electrons. The summed E-state index contributed by atoms with van der Waals surface area (Å²) in [4.78, 5) is 13.9. The molecule has 4 heteroatoms. The van der Waals surface area contributed by atoms with Crippen molar-refractivity contribution in [2.45, 2.75) is 38.6 Å². The number of anilines is 1. The molecule has 1 aliphatic heterocycles. The molecule has 0 N–H and O–H groups in total. The Balaban J connectivity index is 2.60. The number of carbonyl (C=O) groups excluding carboxylic acids is 1. The van der Waals surface area contributed by atoms with Gasteiger partial charge in [0, 0.05) is 16.2 Å². The van der Waals surface area contributed by atoms with Gasteiger partial charge in [-0.2, -0.15) is 0 Å². The molecule has 0 bridgehead atoms. The van der Waals surface area contributed by atoms with E-state index in [2.05, 4.69) is 20.8 Å². The van der Waals surface area contributed by atoms with Gasteiger partial charge in [-0.3, -0.25) is 4.79 Å². The highest BCUT2D eigenvalue weighted by Crippen LogP contribution is 2.44. The fourth-order valence-electron chi connectivity index (χ4n) is 2.94. The number of rotatable bonds is 1. The molecule has 1 aromatic rings. The van der Waals surface area contributed by atoms with E-state index in [1.165, 1.54) is 0 Å². The molecule has 0 fully saturated rings. The predicted octanol–water partition coefficient (Wildman–Crippen LogP) is 4.20. The van der Waals surface area contributed by atoms with E-state index in [9.17, 15) is 4.79 Å². The highest BCUT2D eigenvalue weighted by atomic mass is 35.5. The molecule has 0 aliphatic carbocycles. The number of hydrogen-bond acceptors (Lipinski definition) is 1. The lowest BCUT2D eigenvalue weighted by molar-refractivity contribution is -0.117. The zero-order valence-corrected chi connectivity index (χ0v) is 12.3. The first-order valence-corrected chi connectivity index (χ1v) is 6.96. The third-order valence-electron chi connectivity index (χ3n) is 3.54. The Kier molecular flexibility index (Phi) is 3.61. The summed E-state index contributed by atoms with van der Waals surface area (Å²) in [5.74, 6) is 0.327. The van der Waals surface area contributed by atoms with Crippen molar-refractivity contribution in [1.29, 1.82) is 0 Å². The van der Waals surface area contributed by atoms with Crippen molar-refractivity contribution in [2.75, 3.05) is 10.8 Å². The minimum Gasteiger partial charge on any atom is -0.305 e. The first kappa shape index (κ1) is 13.7. The van der Waals surface area contributed by atoms with Crippen LogP contribution in [0.25, 0.3) is 0 Å². The number of amides is 1. The molecule has 1 atom stereocenters. The van der Waals surface area contributed by atoms with Crippen LogP contribution in [-0.4, -0.2) is 17.3 Å². The van der Waals surface area contributed by atoms with Crippen LogP contribution in [0.1, 0.15) is 38.7 Å². The van der Waals surface area contributed by atoms with Crippen LogP contribution in [-0.2, 0) is 4.79 Å². The van der Waals surface area contributed by atoms with Crippen molar-refractivity contribution >= 4 is 34.8 Å². The maximum Gasteiger partial charge on any atom is 0.242 e. The van der Waals surface area contributed by atoms with Crippen molar-refractivity contribution in [2.24, 2.45) is 0 Å². The molecule has 1 heterocycles. The largest absolute Gasteiger partial charge is 0.305 e. The number of benzene rings is 1. The van der Waals surface area contributed by atoms with Crippen LogP contribution < -0.4 is 4.90 Å². The molecule has 0 saturated carbocycles. The van der Waals surface area contributed by atoms with Crippen LogP contribution in [0.3, 0.4) is 0 Å². The molecule has 18 heavy (non-hydrogen) atoms. The molecular formula is C14H17Cl2NO. The van der Waals surface area contributed by atoms with Gasteiger partial charge in [-0.25, -0.2) is 0 Å². The lowest BCUT2D eigenvalue weighted by atomic mass is 9.80. The van der Waals surface area contributed by atoms with Gasteiger partial charge in [-0.05, 0) is 43.9 Å². The fourth-order valence-corrected chi connectivity index (χ4v) is 3.22. The van der Waals surface area contributed by atoms with Crippen molar-refractivity contribution in [3.63, 3.8) is 0 Å². The molecule has 0 unspecified atom stereocenters. The summed E-state index contributed by atoms with van der Waals surface area (Å²) in [5, 5.41) is 0.644. The van der Waals surface area contributed by atoms with Crippen molar-refractivity contribution in [1.82, 2.24) is 0 Å². The Bertz CT molecular complexity index is 485. The smallest absolute Gasteiger partial charge is 0.242 e. The Labute approximate surface area is 118 Å². The van der Waals surface area contributed by atoms with Gasteiger partial charge < -0.3 is 4.90 Å². The molecule has 1 aromatic carbocycles. The first-order valence-electron chi connectivity index (χ1n) is 6.05. The highest BCUT2D eigenvalue weighted by Gasteiger charge is 2.39. The number of alkyl halides is 1. The fraction of sp³-hybridized carbons (Fsp3) is 0.500. The number of fused-ring (bicyclic) bond motifs is 1. The van der Waals surface area contributed by atoms with E-state index in [0.717, 1.165) is 17.7 Å². The molecule has 1 amide bonds. The van der Waals surface area contributed by atoms with Crippen LogP contribution in [0.5, 0.6) is 0 Å². The lowest BCUT2D eigenvalue weighted by Crippen LogP contribution is -2.52. The Morgan fingerprint density at radius 1 is 1.50 bits per heavy atom. The van der Waals surface area contributed by atoms with E-state index < -0.39 is 0 Å². The topological polar surface area (TPSA) is 20.3 Å². The summed E-state index contributed by atoms with van der Waals surface area (Å²) in [6.07, 6.45) is 0.921.